The average Bonchev–Trinajstić information content (AvgIpc) is 2.01. The standard InChI is InChI=1S/C7H7ClN2OS/c1-5(8)4-12-7-9-3-2-6(11)10-7/h2-3H,1,4H2,(H,9,10,11). The van der Waals surface area contributed by atoms with Gasteiger partial charge in [0.1, 0.15) is 0 Å². The van der Waals surface area contributed by atoms with Crippen LogP contribution in [0.5, 0.6) is 0 Å². The minimum atomic E-state index is -0.160. The number of hydrogen-bond acceptors (Lipinski definition) is 3. The number of thioether (sulfide) groups is 1. The van der Waals surface area contributed by atoms with Gasteiger partial charge in [0.25, 0.3) is 5.56 Å². The van der Waals surface area contributed by atoms with Crippen molar-refractivity contribution in [2.75, 3.05) is 5.75 Å². The van der Waals surface area contributed by atoms with E-state index in [1.165, 1.54) is 24.0 Å². The molecule has 1 aromatic heterocycles. The Kier molecular flexibility index (Phi) is 3.37. The number of aromatic nitrogens is 2. The van der Waals surface area contributed by atoms with Crippen LogP contribution in [0.2, 0.25) is 0 Å². The number of rotatable bonds is 3. The fourth-order valence-electron chi connectivity index (χ4n) is 0.572. The Balaban J connectivity index is 2.64. The Hall–Kier alpha value is -0.740. The lowest BCUT2D eigenvalue weighted by molar-refractivity contribution is 0.938. The summed E-state index contributed by atoms with van der Waals surface area (Å²) in [6, 6.07) is 1.36. The second-order valence-electron chi connectivity index (χ2n) is 2.05. The smallest absolute Gasteiger partial charge is 0.251 e. The summed E-state index contributed by atoms with van der Waals surface area (Å²) in [5.41, 5.74) is -0.160. The van der Waals surface area contributed by atoms with Crippen LogP contribution in [0.1, 0.15) is 0 Å². The van der Waals surface area contributed by atoms with Gasteiger partial charge >= 0.3 is 0 Å². The Bertz CT molecular complexity index is 336. The number of hydrogen-bond donors (Lipinski definition) is 1. The predicted molar refractivity (Wildman–Crippen MR) is 50.6 cm³/mol. The molecule has 0 amide bonds. The van der Waals surface area contributed by atoms with Crippen LogP contribution in [0.15, 0.2) is 33.8 Å². The largest absolute Gasteiger partial charge is 0.301 e. The fraction of sp³-hybridized carbons (Fsp3) is 0.143. The highest BCUT2D eigenvalue weighted by atomic mass is 35.5. The van der Waals surface area contributed by atoms with Crippen LogP contribution < -0.4 is 5.56 Å². The Morgan fingerprint density at radius 1 is 1.83 bits per heavy atom. The molecule has 0 radical (unpaired) electrons. The minimum absolute atomic E-state index is 0.160. The highest BCUT2D eigenvalue weighted by Gasteiger charge is 1.96. The number of nitrogens with one attached hydrogen (secondary N) is 1. The Morgan fingerprint density at radius 2 is 2.58 bits per heavy atom. The summed E-state index contributed by atoms with van der Waals surface area (Å²) in [5.74, 6) is 0.550. The summed E-state index contributed by atoms with van der Waals surface area (Å²) in [6.45, 7) is 3.52. The molecule has 64 valence electrons. The summed E-state index contributed by atoms with van der Waals surface area (Å²) in [7, 11) is 0. The van der Waals surface area contributed by atoms with Gasteiger partial charge in [-0.2, -0.15) is 0 Å². The molecule has 1 heterocycles. The van der Waals surface area contributed by atoms with Gasteiger partial charge in [0.15, 0.2) is 5.16 Å². The van der Waals surface area contributed by atoms with Crippen LogP contribution in [0.3, 0.4) is 0 Å². The molecule has 1 N–H and O–H groups in total. The van der Waals surface area contributed by atoms with E-state index in [0.717, 1.165) is 0 Å². The average molecular weight is 203 g/mol. The van der Waals surface area contributed by atoms with Crippen LogP contribution in [0.4, 0.5) is 0 Å². The lowest BCUT2D eigenvalue weighted by atomic mass is 10.7. The van der Waals surface area contributed by atoms with Crippen molar-refractivity contribution in [3.63, 3.8) is 0 Å². The molecule has 0 unspecified atom stereocenters. The first-order valence-corrected chi connectivity index (χ1v) is 4.56. The zero-order valence-corrected chi connectivity index (χ0v) is 7.78. The van der Waals surface area contributed by atoms with Crippen LogP contribution in [0, 0.1) is 0 Å². The van der Waals surface area contributed by atoms with Gasteiger partial charge in [0, 0.05) is 23.0 Å². The predicted octanol–water partition coefficient (Wildman–Crippen LogP) is 1.61. The van der Waals surface area contributed by atoms with Gasteiger partial charge in [0.2, 0.25) is 0 Å². The molecule has 0 aliphatic carbocycles. The first-order valence-electron chi connectivity index (χ1n) is 3.20. The maximum absolute atomic E-state index is 10.8. The molecule has 3 nitrogen and oxygen atoms in total. The van der Waals surface area contributed by atoms with Gasteiger partial charge in [-0.05, 0) is 0 Å². The maximum atomic E-state index is 10.8. The number of halogens is 1. The maximum Gasteiger partial charge on any atom is 0.251 e. The fourth-order valence-corrected chi connectivity index (χ4v) is 1.34. The van der Waals surface area contributed by atoms with Crippen LogP contribution >= 0.6 is 23.4 Å². The van der Waals surface area contributed by atoms with E-state index in [1.807, 2.05) is 0 Å². The van der Waals surface area contributed by atoms with Gasteiger partial charge in [0.05, 0.1) is 0 Å². The highest BCUT2D eigenvalue weighted by molar-refractivity contribution is 7.99. The summed E-state index contributed by atoms with van der Waals surface area (Å²) in [4.78, 5) is 17.2. The van der Waals surface area contributed by atoms with Crippen LogP contribution in [-0.4, -0.2) is 15.7 Å². The van der Waals surface area contributed by atoms with E-state index in [2.05, 4.69) is 16.5 Å². The topological polar surface area (TPSA) is 45.8 Å². The summed E-state index contributed by atoms with van der Waals surface area (Å²) >= 11 is 6.88. The zero-order valence-electron chi connectivity index (χ0n) is 6.21. The second-order valence-corrected chi connectivity index (χ2v) is 3.54. The van der Waals surface area contributed by atoms with E-state index in [-0.39, 0.29) is 5.56 Å². The molecule has 1 rings (SSSR count). The van der Waals surface area contributed by atoms with Crippen molar-refractivity contribution in [2.45, 2.75) is 5.16 Å². The highest BCUT2D eigenvalue weighted by Crippen LogP contribution is 2.14. The number of H-pyrrole nitrogens is 1. The van der Waals surface area contributed by atoms with Gasteiger partial charge in [-0.15, -0.1) is 0 Å². The first-order chi connectivity index (χ1) is 5.68. The first kappa shape index (κ1) is 9.35. The van der Waals surface area contributed by atoms with Gasteiger partial charge in [-0.3, -0.25) is 4.79 Å². The normalized spacial score (nSPS) is 9.75. The van der Waals surface area contributed by atoms with E-state index < -0.39 is 0 Å². The third-order valence-electron chi connectivity index (χ3n) is 1.01. The van der Waals surface area contributed by atoms with E-state index in [4.69, 9.17) is 11.6 Å². The molecule has 0 aliphatic heterocycles. The Labute approximate surface area is 78.9 Å². The molecule has 0 aliphatic rings. The zero-order chi connectivity index (χ0) is 8.97. The van der Waals surface area contributed by atoms with Crippen molar-refractivity contribution < 1.29 is 0 Å². The van der Waals surface area contributed by atoms with Gasteiger partial charge in [-0.25, -0.2) is 4.98 Å². The van der Waals surface area contributed by atoms with Crippen molar-refractivity contribution in [3.8, 4) is 0 Å². The molecule has 0 spiro atoms. The van der Waals surface area contributed by atoms with Crippen molar-refractivity contribution in [1.82, 2.24) is 9.97 Å². The lowest BCUT2D eigenvalue weighted by Gasteiger charge is -1.96. The van der Waals surface area contributed by atoms with Crippen molar-refractivity contribution >= 4 is 23.4 Å². The third kappa shape index (κ3) is 3.11. The molecule has 5 heteroatoms. The van der Waals surface area contributed by atoms with Crippen molar-refractivity contribution in [2.24, 2.45) is 0 Å². The van der Waals surface area contributed by atoms with E-state index in [1.54, 1.807) is 0 Å². The minimum Gasteiger partial charge on any atom is -0.301 e. The Morgan fingerprint density at radius 3 is 3.17 bits per heavy atom. The van der Waals surface area contributed by atoms with Crippen molar-refractivity contribution in [3.05, 3.63) is 34.2 Å². The van der Waals surface area contributed by atoms with Crippen molar-refractivity contribution in [1.29, 1.82) is 0 Å². The summed E-state index contributed by atoms with van der Waals surface area (Å²) in [5, 5.41) is 1.09. The molecular weight excluding hydrogens is 196 g/mol. The summed E-state index contributed by atoms with van der Waals surface area (Å²) in [6.07, 6.45) is 1.46. The van der Waals surface area contributed by atoms with Gasteiger partial charge < -0.3 is 4.98 Å². The second kappa shape index (κ2) is 4.33. The van der Waals surface area contributed by atoms with Gasteiger partial charge in [-0.1, -0.05) is 29.9 Å². The summed E-state index contributed by atoms with van der Waals surface area (Å²) < 4.78 is 0. The SMILES string of the molecule is C=C(Cl)CSc1nccc(=O)[nH]1. The van der Waals surface area contributed by atoms with Crippen LogP contribution in [-0.2, 0) is 0 Å². The van der Waals surface area contributed by atoms with E-state index in [9.17, 15) is 4.79 Å². The number of nitrogens with zero attached hydrogens (tertiary/aromatic N) is 1. The van der Waals surface area contributed by atoms with E-state index in [0.29, 0.717) is 15.9 Å². The monoisotopic (exact) mass is 202 g/mol. The molecule has 0 saturated heterocycles. The molecular formula is C7H7ClN2OS. The third-order valence-corrected chi connectivity index (χ3v) is 2.28. The molecule has 0 aromatic carbocycles. The lowest BCUT2D eigenvalue weighted by Crippen LogP contribution is -2.05. The molecule has 12 heavy (non-hydrogen) atoms. The van der Waals surface area contributed by atoms with Crippen LogP contribution in [0.25, 0.3) is 0 Å². The molecule has 0 fully saturated rings. The quantitative estimate of drug-likeness (QED) is 0.599. The number of aromatic amines is 1. The molecule has 0 bridgehead atoms. The molecule has 1 aromatic rings. The molecule has 0 saturated carbocycles. The molecule has 0 atom stereocenters. The van der Waals surface area contributed by atoms with E-state index >= 15 is 0 Å².